The van der Waals surface area contributed by atoms with Crippen molar-refractivity contribution in [3.05, 3.63) is 58.4 Å². The third-order valence-electron chi connectivity index (χ3n) is 7.58. The molecule has 234 valence electrons. The molecule has 1 aliphatic heterocycles. The highest BCUT2D eigenvalue weighted by atomic mass is 16.5. The number of urea groups is 1. The van der Waals surface area contributed by atoms with Crippen molar-refractivity contribution in [3.8, 4) is 17.2 Å². The highest BCUT2D eigenvalue weighted by Gasteiger charge is 2.26. The minimum Gasteiger partial charge on any atom is -0.493 e. The van der Waals surface area contributed by atoms with Gasteiger partial charge < -0.3 is 45.4 Å². The first-order valence-electron chi connectivity index (χ1n) is 14.4. The molecule has 12 heteroatoms. The molecule has 0 unspecified atom stereocenters. The van der Waals surface area contributed by atoms with Gasteiger partial charge in [-0.1, -0.05) is 19.9 Å². The van der Waals surface area contributed by atoms with Crippen LogP contribution in [0.1, 0.15) is 46.7 Å². The lowest BCUT2D eigenvalue weighted by atomic mass is 10.0. The largest absolute Gasteiger partial charge is 0.493 e. The van der Waals surface area contributed by atoms with E-state index in [9.17, 15) is 14.4 Å². The van der Waals surface area contributed by atoms with Crippen molar-refractivity contribution in [1.29, 1.82) is 0 Å². The summed E-state index contributed by atoms with van der Waals surface area (Å²) in [5.41, 5.74) is 5.35. The summed E-state index contributed by atoms with van der Waals surface area (Å²) in [6.45, 7) is 11.1. The molecule has 5 N–H and O–H groups in total. The molecule has 44 heavy (non-hydrogen) atoms. The van der Waals surface area contributed by atoms with E-state index in [1.165, 1.54) is 21.3 Å². The average Bonchev–Trinajstić information content (AvgIpc) is 3.47. The maximum atomic E-state index is 13.0. The van der Waals surface area contributed by atoms with Gasteiger partial charge in [0.25, 0.3) is 11.8 Å². The molecule has 0 radical (unpaired) electrons. The van der Waals surface area contributed by atoms with Crippen LogP contribution >= 0.6 is 0 Å². The van der Waals surface area contributed by atoms with Gasteiger partial charge in [0.15, 0.2) is 11.5 Å². The first kappa shape index (κ1) is 32.0. The number of likely N-dealkylation sites (N-methyl/N-ethyl adjacent to an activating group) is 1. The third-order valence-corrected chi connectivity index (χ3v) is 7.58. The summed E-state index contributed by atoms with van der Waals surface area (Å²) in [7, 11) is 4.48. The number of aryl methyl sites for hydroxylation is 1. The second-order valence-corrected chi connectivity index (χ2v) is 10.2. The Labute approximate surface area is 257 Å². The van der Waals surface area contributed by atoms with Gasteiger partial charge in [-0.2, -0.15) is 0 Å². The van der Waals surface area contributed by atoms with Crippen LogP contribution in [0.5, 0.6) is 17.2 Å². The number of carbonyl (C=O) groups excluding carboxylic acids is 3. The maximum Gasteiger partial charge on any atom is 0.323 e. The average molecular weight is 605 g/mol. The lowest BCUT2D eigenvalue weighted by molar-refractivity contribution is -0.110. The Hall–Kier alpha value is -4.97. The van der Waals surface area contributed by atoms with Crippen molar-refractivity contribution in [3.63, 3.8) is 0 Å². The normalized spacial score (nSPS) is 13.0. The molecule has 2 aromatic carbocycles. The van der Waals surface area contributed by atoms with Gasteiger partial charge in [-0.05, 0) is 50.7 Å². The Kier molecular flexibility index (Phi) is 10.2. The van der Waals surface area contributed by atoms with Crippen molar-refractivity contribution >= 4 is 46.6 Å². The van der Waals surface area contributed by atoms with E-state index in [-0.39, 0.29) is 11.8 Å². The topological polar surface area (TPSA) is 146 Å². The Morgan fingerprint density at radius 2 is 1.59 bits per heavy atom. The van der Waals surface area contributed by atoms with Crippen molar-refractivity contribution in [2.75, 3.05) is 63.5 Å². The number of hydrogen-bond donors (Lipinski definition) is 5. The van der Waals surface area contributed by atoms with E-state index < -0.39 is 6.03 Å². The number of methoxy groups -OCH3 is 3. The van der Waals surface area contributed by atoms with Crippen LogP contribution in [0.25, 0.3) is 11.6 Å². The zero-order valence-corrected chi connectivity index (χ0v) is 26.2. The van der Waals surface area contributed by atoms with Crippen LogP contribution in [0.2, 0.25) is 0 Å². The fourth-order valence-electron chi connectivity index (χ4n) is 5.22. The fourth-order valence-corrected chi connectivity index (χ4v) is 5.22. The molecule has 12 nitrogen and oxygen atoms in total. The van der Waals surface area contributed by atoms with Crippen molar-refractivity contribution in [2.45, 2.75) is 27.7 Å². The van der Waals surface area contributed by atoms with E-state index in [0.29, 0.717) is 63.2 Å². The van der Waals surface area contributed by atoms with E-state index in [0.717, 1.165) is 30.9 Å². The van der Waals surface area contributed by atoms with Crippen molar-refractivity contribution in [1.82, 2.24) is 15.2 Å². The van der Waals surface area contributed by atoms with E-state index in [2.05, 4.69) is 45.0 Å². The third kappa shape index (κ3) is 6.81. The number of nitrogens with zero attached hydrogens (tertiary/aromatic N) is 1. The molecule has 0 saturated carbocycles. The highest BCUT2D eigenvalue weighted by molar-refractivity contribution is 6.35. The standard InChI is InChI=1S/C32H40N6O6/c1-8-38(9-2)13-12-33-31(40)28-18(3)24(34-19(28)4)17-23-22-11-10-20(14-25(22)37-30(23)39)35-32(41)36-21-15-26(42-5)29(44-7)27(16-21)43-6/h10-11,14-17,34H,8-9,12-13H2,1-7H3,(H,33,40)(H,37,39)(H2,35,36,41)/b23-17-. The summed E-state index contributed by atoms with van der Waals surface area (Å²) in [5, 5.41) is 11.4. The number of aromatic nitrogens is 1. The van der Waals surface area contributed by atoms with Gasteiger partial charge in [0.05, 0.1) is 43.8 Å². The maximum absolute atomic E-state index is 13.0. The van der Waals surface area contributed by atoms with Crippen LogP contribution in [0.3, 0.4) is 0 Å². The number of aromatic amines is 1. The van der Waals surface area contributed by atoms with Gasteiger partial charge in [-0.25, -0.2) is 4.79 Å². The molecule has 0 atom stereocenters. The molecule has 0 bridgehead atoms. The number of nitrogens with one attached hydrogen (secondary N) is 5. The molecule has 3 aromatic rings. The summed E-state index contributed by atoms with van der Waals surface area (Å²) in [6, 6.07) is 7.90. The first-order chi connectivity index (χ1) is 21.1. The molecule has 0 fully saturated rings. The number of anilines is 3. The van der Waals surface area contributed by atoms with Gasteiger partial charge >= 0.3 is 6.03 Å². The number of fused-ring (bicyclic) bond motifs is 1. The molecule has 1 aromatic heterocycles. The molecular formula is C32H40N6O6. The van der Waals surface area contributed by atoms with Crippen molar-refractivity contribution < 1.29 is 28.6 Å². The number of hydrogen-bond acceptors (Lipinski definition) is 7. The number of carbonyl (C=O) groups is 3. The first-order valence-corrected chi connectivity index (χ1v) is 14.4. The SMILES string of the molecule is CCN(CC)CCNC(=O)c1c(C)[nH]c(/C=C2\C(=O)Nc3cc(NC(=O)Nc4cc(OC)c(OC)c(OC)c4)ccc32)c1C. The molecule has 4 rings (SSSR count). The molecule has 2 heterocycles. The zero-order chi connectivity index (χ0) is 32.0. The van der Waals surface area contributed by atoms with Crippen LogP contribution in [-0.2, 0) is 4.79 Å². The van der Waals surface area contributed by atoms with Gasteiger partial charge in [-0.3, -0.25) is 9.59 Å². The minimum absolute atomic E-state index is 0.148. The van der Waals surface area contributed by atoms with E-state index in [1.54, 1.807) is 36.4 Å². The Morgan fingerprint density at radius 1 is 0.932 bits per heavy atom. The fraction of sp³-hybridized carbons (Fsp3) is 0.344. The zero-order valence-electron chi connectivity index (χ0n) is 26.2. The molecule has 1 aliphatic rings. The van der Waals surface area contributed by atoms with E-state index in [4.69, 9.17) is 14.2 Å². The summed E-state index contributed by atoms with van der Waals surface area (Å²) in [4.78, 5) is 44.2. The monoisotopic (exact) mass is 604 g/mol. The highest BCUT2D eigenvalue weighted by Crippen LogP contribution is 2.40. The second kappa shape index (κ2) is 14.0. The quantitative estimate of drug-likeness (QED) is 0.186. The molecule has 4 amide bonds. The predicted molar refractivity (Wildman–Crippen MR) is 172 cm³/mol. The molecular weight excluding hydrogens is 564 g/mol. The smallest absolute Gasteiger partial charge is 0.323 e. The van der Waals surface area contributed by atoms with Crippen LogP contribution < -0.4 is 35.5 Å². The number of H-pyrrole nitrogens is 1. The summed E-state index contributed by atoms with van der Waals surface area (Å²) in [5.74, 6) is 0.782. The molecule has 0 saturated heterocycles. The summed E-state index contributed by atoms with van der Waals surface area (Å²) >= 11 is 0. The van der Waals surface area contributed by atoms with E-state index in [1.807, 2.05) is 13.8 Å². The second-order valence-electron chi connectivity index (χ2n) is 10.2. The number of ether oxygens (including phenoxy) is 3. The number of amides is 4. The predicted octanol–water partition coefficient (Wildman–Crippen LogP) is 4.87. The van der Waals surface area contributed by atoms with Crippen molar-refractivity contribution in [2.24, 2.45) is 0 Å². The lowest BCUT2D eigenvalue weighted by Crippen LogP contribution is -2.35. The van der Waals surface area contributed by atoms with Gasteiger partial charge in [0.2, 0.25) is 5.75 Å². The van der Waals surface area contributed by atoms with Gasteiger partial charge in [0, 0.05) is 47.9 Å². The van der Waals surface area contributed by atoms with Crippen LogP contribution in [0, 0.1) is 13.8 Å². The van der Waals surface area contributed by atoms with Gasteiger partial charge in [-0.15, -0.1) is 0 Å². The van der Waals surface area contributed by atoms with Gasteiger partial charge in [0.1, 0.15) is 0 Å². The minimum atomic E-state index is -0.500. The molecule has 0 spiro atoms. The Morgan fingerprint density at radius 3 is 2.20 bits per heavy atom. The van der Waals surface area contributed by atoms with Crippen LogP contribution in [0.4, 0.5) is 21.9 Å². The Bertz CT molecular complexity index is 1560. The summed E-state index contributed by atoms with van der Waals surface area (Å²) in [6.07, 6.45) is 1.75. The number of benzene rings is 2. The van der Waals surface area contributed by atoms with Crippen LogP contribution in [-0.4, -0.2) is 75.2 Å². The van der Waals surface area contributed by atoms with Crippen LogP contribution in [0.15, 0.2) is 30.3 Å². The molecule has 0 aliphatic carbocycles. The Balaban J connectivity index is 1.48. The lowest BCUT2D eigenvalue weighted by Gasteiger charge is -2.18. The number of rotatable bonds is 12. The van der Waals surface area contributed by atoms with E-state index >= 15 is 0 Å². The summed E-state index contributed by atoms with van der Waals surface area (Å²) < 4.78 is 16.0.